The Kier molecular flexibility index (Phi) is 7.41. The van der Waals surface area contributed by atoms with Gasteiger partial charge in [0.1, 0.15) is 6.54 Å². The summed E-state index contributed by atoms with van der Waals surface area (Å²) in [4.78, 5) is 0. The molecule has 6 heteroatoms. The highest BCUT2D eigenvalue weighted by molar-refractivity contribution is 5.55. The number of rotatable bonds is 10. The van der Waals surface area contributed by atoms with Crippen LogP contribution in [-0.2, 0) is 13.0 Å². The first-order valence-corrected chi connectivity index (χ1v) is 8.48. The molecule has 0 atom stereocenters. The van der Waals surface area contributed by atoms with Gasteiger partial charge in [0.25, 0.3) is 0 Å². The number of hydrogen-bond acceptors (Lipinski definition) is 5. The van der Waals surface area contributed by atoms with E-state index in [0.717, 1.165) is 36.6 Å². The second-order valence-corrected chi connectivity index (χ2v) is 5.71. The Bertz CT molecular complexity index is 718. The third-order valence-corrected chi connectivity index (χ3v) is 4.24. The van der Waals surface area contributed by atoms with Crippen LogP contribution in [0.15, 0.2) is 30.3 Å². The topological polar surface area (TPSA) is 62.8 Å². The Morgan fingerprint density at radius 1 is 0.692 bits per heavy atom. The molecular weight excluding hydrogens is 334 g/mol. The minimum Gasteiger partial charge on any atom is -0.493 e. The molecule has 2 rings (SSSR count). The monoisotopic (exact) mass is 362 g/mol. The van der Waals surface area contributed by atoms with E-state index in [9.17, 15) is 0 Å². The van der Waals surface area contributed by atoms with Gasteiger partial charge in [-0.2, -0.15) is 0 Å². The van der Waals surface area contributed by atoms with E-state index in [1.54, 1.807) is 35.5 Å². The number of methoxy groups -OCH3 is 5. The number of benzene rings is 2. The van der Waals surface area contributed by atoms with Gasteiger partial charge in [0.05, 0.1) is 47.7 Å². The van der Waals surface area contributed by atoms with Crippen LogP contribution in [0.4, 0.5) is 0 Å². The molecule has 0 aliphatic heterocycles. The van der Waals surface area contributed by atoms with Crippen LogP contribution in [0, 0.1) is 0 Å². The van der Waals surface area contributed by atoms with Crippen molar-refractivity contribution in [1.29, 1.82) is 0 Å². The van der Waals surface area contributed by atoms with Crippen LogP contribution in [0.3, 0.4) is 0 Å². The first kappa shape index (κ1) is 19.7. The molecule has 0 heterocycles. The molecule has 142 valence electrons. The van der Waals surface area contributed by atoms with Gasteiger partial charge in [-0.05, 0) is 29.8 Å². The molecule has 0 aliphatic carbocycles. The van der Waals surface area contributed by atoms with Crippen molar-refractivity contribution in [1.82, 2.24) is 0 Å². The molecule has 26 heavy (non-hydrogen) atoms. The van der Waals surface area contributed by atoms with Crippen LogP contribution in [-0.4, -0.2) is 42.1 Å². The van der Waals surface area contributed by atoms with Crippen LogP contribution in [0.1, 0.15) is 11.1 Å². The number of ether oxygens (including phenoxy) is 5. The van der Waals surface area contributed by atoms with E-state index < -0.39 is 0 Å². The van der Waals surface area contributed by atoms with Crippen molar-refractivity contribution in [3.63, 3.8) is 0 Å². The SMILES string of the molecule is COc1ccc(CC[NH2+]Cc2ccc(OC)c(OC)c2OC)cc1OC. The van der Waals surface area contributed by atoms with Crippen molar-refractivity contribution in [2.75, 3.05) is 42.1 Å². The Labute approximate surface area is 155 Å². The zero-order chi connectivity index (χ0) is 18.9. The van der Waals surface area contributed by atoms with Crippen molar-refractivity contribution in [2.24, 2.45) is 0 Å². The second kappa shape index (κ2) is 9.77. The van der Waals surface area contributed by atoms with E-state index in [4.69, 9.17) is 23.7 Å². The zero-order valence-corrected chi connectivity index (χ0v) is 16.1. The maximum Gasteiger partial charge on any atom is 0.203 e. The lowest BCUT2D eigenvalue weighted by molar-refractivity contribution is -0.670. The Balaban J connectivity index is 1.98. The smallest absolute Gasteiger partial charge is 0.203 e. The predicted octanol–water partition coefficient (Wildman–Crippen LogP) is 2.04. The van der Waals surface area contributed by atoms with E-state index in [0.29, 0.717) is 17.2 Å². The van der Waals surface area contributed by atoms with Crippen molar-refractivity contribution < 1.29 is 29.0 Å². The van der Waals surface area contributed by atoms with Gasteiger partial charge in [0.15, 0.2) is 23.0 Å². The second-order valence-electron chi connectivity index (χ2n) is 5.71. The molecule has 0 bridgehead atoms. The third-order valence-electron chi connectivity index (χ3n) is 4.24. The van der Waals surface area contributed by atoms with Crippen LogP contribution < -0.4 is 29.0 Å². The number of nitrogens with two attached hydrogens (primary N) is 1. The maximum absolute atomic E-state index is 5.53. The van der Waals surface area contributed by atoms with E-state index >= 15 is 0 Å². The normalized spacial score (nSPS) is 10.3. The van der Waals surface area contributed by atoms with Crippen LogP contribution in [0.2, 0.25) is 0 Å². The minimum atomic E-state index is 0.626. The molecule has 0 radical (unpaired) electrons. The Morgan fingerprint density at radius 3 is 1.96 bits per heavy atom. The fraction of sp³-hybridized carbons (Fsp3) is 0.400. The van der Waals surface area contributed by atoms with Crippen LogP contribution in [0.5, 0.6) is 28.7 Å². The van der Waals surface area contributed by atoms with Crippen molar-refractivity contribution in [3.8, 4) is 28.7 Å². The summed E-state index contributed by atoms with van der Waals surface area (Å²) in [5.74, 6) is 3.51. The van der Waals surface area contributed by atoms with E-state index in [2.05, 4.69) is 11.4 Å². The average Bonchev–Trinajstić information content (AvgIpc) is 2.69. The quantitative estimate of drug-likeness (QED) is 0.656. The molecule has 0 saturated heterocycles. The lowest BCUT2D eigenvalue weighted by atomic mass is 10.1. The molecule has 6 nitrogen and oxygen atoms in total. The van der Waals surface area contributed by atoms with E-state index in [1.165, 1.54) is 5.56 Å². The summed E-state index contributed by atoms with van der Waals surface area (Å²) in [5, 5.41) is 2.24. The summed E-state index contributed by atoms with van der Waals surface area (Å²) in [6, 6.07) is 9.92. The molecule has 2 N–H and O–H groups in total. The standard InChI is InChI=1S/C20H27NO5/c1-22-16-8-6-14(12-18(16)24-3)10-11-21-13-15-7-9-17(23-2)20(26-5)19(15)25-4/h6-9,12,21H,10-11,13H2,1-5H3/p+1. The average molecular weight is 362 g/mol. The molecular formula is C20H28NO5+. The fourth-order valence-corrected chi connectivity index (χ4v) is 2.89. The van der Waals surface area contributed by atoms with Crippen LogP contribution >= 0.6 is 0 Å². The summed E-state index contributed by atoms with van der Waals surface area (Å²) in [7, 11) is 8.17. The first-order chi connectivity index (χ1) is 12.7. The van der Waals surface area contributed by atoms with E-state index in [-0.39, 0.29) is 0 Å². The first-order valence-electron chi connectivity index (χ1n) is 8.48. The summed E-state index contributed by atoms with van der Waals surface area (Å²) in [5.41, 5.74) is 2.27. The summed E-state index contributed by atoms with van der Waals surface area (Å²) >= 11 is 0. The molecule has 0 amide bonds. The third kappa shape index (κ3) is 4.52. The molecule has 2 aromatic carbocycles. The predicted molar refractivity (Wildman–Crippen MR) is 99.8 cm³/mol. The molecule has 0 saturated carbocycles. The van der Waals surface area contributed by atoms with Gasteiger partial charge < -0.3 is 29.0 Å². The summed E-state index contributed by atoms with van der Waals surface area (Å²) < 4.78 is 26.9. The molecule has 0 aliphatic rings. The summed E-state index contributed by atoms with van der Waals surface area (Å²) in [6.07, 6.45) is 0.927. The lowest BCUT2D eigenvalue weighted by Crippen LogP contribution is -2.83. The highest BCUT2D eigenvalue weighted by Crippen LogP contribution is 2.39. The fourth-order valence-electron chi connectivity index (χ4n) is 2.89. The van der Waals surface area contributed by atoms with Gasteiger partial charge >= 0.3 is 0 Å². The van der Waals surface area contributed by atoms with E-state index in [1.807, 2.05) is 24.3 Å². The van der Waals surface area contributed by atoms with Crippen molar-refractivity contribution in [3.05, 3.63) is 41.5 Å². The molecule has 0 fully saturated rings. The Hall–Kier alpha value is -2.60. The molecule has 0 unspecified atom stereocenters. The number of quaternary nitrogens is 1. The van der Waals surface area contributed by atoms with Crippen LogP contribution in [0.25, 0.3) is 0 Å². The zero-order valence-electron chi connectivity index (χ0n) is 16.1. The van der Waals surface area contributed by atoms with Crippen molar-refractivity contribution >= 4 is 0 Å². The highest BCUT2D eigenvalue weighted by atomic mass is 16.5. The van der Waals surface area contributed by atoms with Gasteiger partial charge in [-0.15, -0.1) is 0 Å². The van der Waals surface area contributed by atoms with Gasteiger partial charge in [-0.3, -0.25) is 0 Å². The largest absolute Gasteiger partial charge is 0.493 e. The summed E-state index contributed by atoms with van der Waals surface area (Å²) in [6.45, 7) is 1.73. The van der Waals surface area contributed by atoms with Gasteiger partial charge in [-0.25, -0.2) is 0 Å². The van der Waals surface area contributed by atoms with Gasteiger partial charge in [-0.1, -0.05) is 6.07 Å². The molecule has 0 aromatic heterocycles. The number of hydrogen-bond donors (Lipinski definition) is 1. The van der Waals surface area contributed by atoms with Gasteiger partial charge in [0.2, 0.25) is 5.75 Å². The lowest BCUT2D eigenvalue weighted by Gasteiger charge is -2.15. The Morgan fingerprint density at radius 2 is 1.35 bits per heavy atom. The minimum absolute atomic E-state index is 0.626. The van der Waals surface area contributed by atoms with Gasteiger partial charge in [0, 0.05) is 6.42 Å². The maximum atomic E-state index is 5.53. The highest BCUT2D eigenvalue weighted by Gasteiger charge is 2.16. The van der Waals surface area contributed by atoms with Crippen molar-refractivity contribution in [2.45, 2.75) is 13.0 Å². The molecule has 0 spiro atoms. The molecule has 2 aromatic rings.